The van der Waals surface area contributed by atoms with Crippen LogP contribution in [0.15, 0.2) is 12.1 Å². The van der Waals surface area contributed by atoms with Crippen molar-refractivity contribution in [3.05, 3.63) is 28.3 Å². The van der Waals surface area contributed by atoms with Crippen molar-refractivity contribution < 1.29 is 4.79 Å². The summed E-state index contributed by atoms with van der Waals surface area (Å²) in [6.45, 7) is 6.48. The van der Waals surface area contributed by atoms with Crippen molar-refractivity contribution in [1.29, 1.82) is 0 Å². The number of anilines is 1. The molecule has 1 aromatic rings. The molecule has 1 aromatic carbocycles. The SMILES string of the molecule is Cc1cc(C)c(NC(=O)CSC(C)CN)c(Cl)c1. The molecule has 1 atom stereocenters. The molecular formula is C13H19ClN2OS. The second kappa shape index (κ2) is 7.02. The number of carbonyl (C=O) groups is 1. The fraction of sp³-hybridized carbons (Fsp3) is 0.462. The molecule has 0 bridgehead atoms. The molecule has 0 fully saturated rings. The molecular weight excluding hydrogens is 268 g/mol. The summed E-state index contributed by atoms with van der Waals surface area (Å²) >= 11 is 7.67. The molecule has 0 heterocycles. The minimum absolute atomic E-state index is 0.0471. The summed E-state index contributed by atoms with van der Waals surface area (Å²) in [5, 5.41) is 3.72. The molecule has 0 aliphatic carbocycles. The van der Waals surface area contributed by atoms with Gasteiger partial charge in [0.15, 0.2) is 0 Å². The maximum Gasteiger partial charge on any atom is 0.234 e. The Bertz CT molecular complexity index is 414. The zero-order valence-electron chi connectivity index (χ0n) is 10.9. The second-order valence-corrected chi connectivity index (χ2v) is 6.18. The molecule has 18 heavy (non-hydrogen) atoms. The Hall–Kier alpha value is -0.710. The van der Waals surface area contributed by atoms with Crippen LogP contribution in [-0.2, 0) is 4.79 Å². The van der Waals surface area contributed by atoms with Gasteiger partial charge in [-0.15, -0.1) is 11.8 Å². The van der Waals surface area contributed by atoms with Crippen LogP contribution in [0.25, 0.3) is 0 Å². The summed E-state index contributed by atoms with van der Waals surface area (Å²) in [6.07, 6.45) is 0. The van der Waals surface area contributed by atoms with E-state index in [0.29, 0.717) is 23.0 Å². The number of hydrogen-bond acceptors (Lipinski definition) is 3. The number of halogens is 1. The number of hydrogen-bond donors (Lipinski definition) is 2. The number of nitrogens with two attached hydrogens (primary N) is 1. The van der Waals surface area contributed by atoms with Crippen molar-refractivity contribution in [3.8, 4) is 0 Å². The van der Waals surface area contributed by atoms with Crippen molar-refractivity contribution in [3.63, 3.8) is 0 Å². The highest BCUT2D eigenvalue weighted by molar-refractivity contribution is 8.00. The summed E-state index contributed by atoms with van der Waals surface area (Å²) in [6, 6.07) is 3.84. The van der Waals surface area contributed by atoms with E-state index in [1.54, 1.807) is 0 Å². The number of rotatable bonds is 5. The Labute approximate surface area is 117 Å². The van der Waals surface area contributed by atoms with Crippen LogP contribution in [0.4, 0.5) is 5.69 Å². The van der Waals surface area contributed by atoms with Gasteiger partial charge in [-0.25, -0.2) is 0 Å². The van der Waals surface area contributed by atoms with Gasteiger partial charge in [0.2, 0.25) is 5.91 Å². The van der Waals surface area contributed by atoms with Crippen molar-refractivity contribution in [2.45, 2.75) is 26.0 Å². The van der Waals surface area contributed by atoms with Crippen molar-refractivity contribution in [2.24, 2.45) is 5.73 Å². The van der Waals surface area contributed by atoms with Crippen molar-refractivity contribution in [1.82, 2.24) is 0 Å². The largest absolute Gasteiger partial charge is 0.329 e. The van der Waals surface area contributed by atoms with E-state index in [2.05, 4.69) is 5.32 Å². The zero-order valence-corrected chi connectivity index (χ0v) is 12.5. The third-order valence-electron chi connectivity index (χ3n) is 2.53. The van der Waals surface area contributed by atoms with E-state index < -0.39 is 0 Å². The molecule has 0 aromatic heterocycles. The number of carbonyl (C=O) groups excluding carboxylic acids is 1. The van der Waals surface area contributed by atoms with Crippen LogP contribution >= 0.6 is 23.4 Å². The number of nitrogens with one attached hydrogen (secondary N) is 1. The minimum atomic E-state index is -0.0471. The van der Waals surface area contributed by atoms with Crippen LogP contribution in [0.2, 0.25) is 5.02 Å². The van der Waals surface area contributed by atoms with E-state index >= 15 is 0 Å². The highest BCUT2D eigenvalue weighted by atomic mass is 35.5. The number of thioether (sulfide) groups is 1. The Morgan fingerprint density at radius 3 is 2.72 bits per heavy atom. The topological polar surface area (TPSA) is 55.1 Å². The van der Waals surface area contributed by atoms with Crippen LogP contribution in [0.1, 0.15) is 18.1 Å². The van der Waals surface area contributed by atoms with Crippen LogP contribution < -0.4 is 11.1 Å². The standard InChI is InChI=1S/C13H19ClN2OS/c1-8-4-9(2)13(11(14)5-8)16-12(17)7-18-10(3)6-15/h4-5,10H,6-7,15H2,1-3H3,(H,16,17). The average molecular weight is 287 g/mol. The molecule has 1 rings (SSSR count). The Kier molecular flexibility index (Phi) is 5.99. The third-order valence-corrected chi connectivity index (χ3v) is 4.02. The second-order valence-electron chi connectivity index (χ2n) is 4.34. The molecule has 0 saturated carbocycles. The summed E-state index contributed by atoms with van der Waals surface area (Å²) in [5.41, 5.74) is 8.27. The molecule has 5 heteroatoms. The van der Waals surface area contributed by atoms with Crippen LogP contribution in [-0.4, -0.2) is 23.5 Å². The molecule has 1 unspecified atom stereocenters. The fourth-order valence-corrected chi connectivity index (χ4v) is 2.55. The van der Waals surface area contributed by atoms with E-state index in [0.717, 1.165) is 11.1 Å². The lowest BCUT2D eigenvalue weighted by molar-refractivity contribution is -0.113. The van der Waals surface area contributed by atoms with E-state index in [4.69, 9.17) is 17.3 Å². The summed E-state index contributed by atoms with van der Waals surface area (Å²) in [4.78, 5) is 11.8. The molecule has 100 valence electrons. The fourth-order valence-electron chi connectivity index (χ4n) is 1.54. The lowest BCUT2D eigenvalue weighted by atomic mass is 10.1. The average Bonchev–Trinajstić information content (AvgIpc) is 2.30. The molecule has 0 aliphatic rings. The van der Waals surface area contributed by atoms with Crippen molar-refractivity contribution in [2.75, 3.05) is 17.6 Å². The molecule has 3 nitrogen and oxygen atoms in total. The Balaban J connectivity index is 2.65. The zero-order chi connectivity index (χ0) is 13.7. The molecule has 1 amide bonds. The monoisotopic (exact) mass is 286 g/mol. The predicted molar refractivity (Wildman–Crippen MR) is 80.5 cm³/mol. The van der Waals surface area contributed by atoms with Crippen LogP contribution in [0.5, 0.6) is 0 Å². The Morgan fingerprint density at radius 1 is 1.50 bits per heavy atom. The van der Waals surface area contributed by atoms with Gasteiger partial charge in [0.05, 0.1) is 16.5 Å². The van der Waals surface area contributed by atoms with Gasteiger partial charge in [0, 0.05) is 11.8 Å². The van der Waals surface area contributed by atoms with Crippen LogP contribution in [0.3, 0.4) is 0 Å². The Morgan fingerprint density at radius 2 is 2.17 bits per heavy atom. The molecule has 0 radical (unpaired) electrons. The van der Waals surface area contributed by atoms with Gasteiger partial charge in [0.25, 0.3) is 0 Å². The summed E-state index contributed by atoms with van der Waals surface area (Å²) < 4.78 is 0. The quantitative estimate of drug-likeness (QED) is 0.875. The first-order valence-corrected chi connectivity index (χ1v) is 7.25. The third kappa shape index (κ3) is 4.52. The highest BCUT2D eigenvalue weighted by Gasteiger charge is 2.10. The van der Waals surface area contributed by atoms with Crippen LogP contribution in [0, 0.1) is 13.8 Å². The number of amides is 1. The maximum absolute atomic E-state index is 11.8. The number of aryl methyl sites for hydroxylation is 2. The molecule has 0 spiro atoms. The predicted octanol–water partition coefficient (Wildman–Crippen LogP) is 2.98. The first kappa shape index (κ1) is 15.3. The van der Waals surface area contributed by atoms with E-state index in [1.165, 1.54) is 11.8 Å². The first-order valence-electron chi connectivity index (χ1n) is 5.82. The minimum Gasteiger partial charge on any atom is -0.329 e. The number of benzene rings is 1. The molecule has 3 N–H and O–H groups in total. The van der Waals surface area contributed by atoms with Gasteiger partial charge < -0.3 is 11.1 Å². The molecule has 0 aliphatic heterocycles. The van der Waals surface area contributed by atoms with Gasteiger partial charge >= 0.3 is 0 Å². The van der Waals surface area contributed by atoms with Crippen molar-refractivity contribution >= 4 is 35.0 Å². The van der Waals surface area contributed by atoms with Gasteiger partial charge in [0.1, 0.15) is 0 Å². The van der Waals surface area contributed by atoms with Gasteiger partial charge in [-0.2, -0.15) is 0 Å². The van der Waals surface area contributed by atoms with E-state index in [1.807, 2.05) is 32.9 Å². The smallest absolute Gasteiger partial charge is 0.234 e. The normalized spacial score (nSPS) is 12.3. The van der Waals surface area contributed by atoms with Gasteiger partial charge in [-0.3, -0.25) is 4.79 Å². The summed E-state index contributed by atoms with van der Waals surface area (Å²) in [5.74, 6) is 0.344. The highest BCUT2D eigenvalue weighted by Crippen LogP contribution is 2.27. The summed E-state index contributed by atoms with van der Waals surface area (Å²) in [7, 11) is 0. The lowest BCUT2D eigenvalue weighted by Gasteiger charge is -2.12. The van der Waals surface area contributed by atoms with Gasteiger partial charge in [-0.05, 0) is 31.0 Å². The van der Waals surface area contributed by atoms with E-state index in [-0.39, 0.29) is 11.2 Å². The lowest BCUT2D eigenvalue weighted by Crippen LogP contribution is -2.19. The molecule has 0 saturated heterocycles. The maximum atomic E-state index is 11.8. The van der Waals surface area contributed by atoms with Gasteiger partial charge in [-0.1, -0.05) is 24.6 Å². The first-order chi connectivity index (χ1) is 8.43. The van der Waals surface area contributed by atoms with E-state index in [9.17, 15) is 4.79 Å².